The van der Waals surface area contributed by atoms with Crippen LogP contribution in [0.15, 0.2) is 0 Å². The van der Waals surface area contributed by atoms with E-state index < -0.39 is 10.4 Å². The van der Waals surface area contributed by atoms with Crippen LogP contribution < -0.4 is 0 Å². The second-order valence-corrected chi connectivity index (χ2v) is 66.2. The Hall–Kier alpha value is 3.27. The molecule has 0 bridgehead atoms. The summed E-state index contributed by atoms with van der Waals surface area (Å²) >= 11 is 4.43. The van der Waals surface area contributed by atoms with Gasteiger partial charge in [0.1, 0.15) is 0 Å². The first-order valence-corrected chi connectivity index (χ1v) is 29.5. The summed E-state index contributed by atoms with van der Waals surface area (Å²) in [6.07, 6.45) is 2.91. The third kappa shape index (κ3) is 4.89. The molecule has 0 saturated carbocycles. The Labute approximate surface area is 147 Å². The molecule has 0 aliphatic carbocycles. The van der Waals surface area contributed by atoms with Crippen molar-refractivity contribution in [2.45, 2.75) is 42.8 Å². The number of thioether (sulfide) groups is 2. The molecule has 0 spiro atoms. The third-order valence-corrected chi connectivity index (χ3v) is 79.7. The Kier molecular flexibility index (Phi) is 8.91. The summed E-state index contributed by atoms with van der Waals surface area (Å²) in [7, 11) is 9.37. The summed E-state index contributed by atoms with van der Waals surface area (Å²) < 4.78 is 1.82. The second kappa shape index (κ2) is 9.10. The van der Waals surface area contributed by atoms with E-state index in [1.165, 1.54) is 41.6 Å². The molecule has 2 saturated heterocycles. The molecule has 2 atom stereocenters. The van der Waals surface area contributed by atoms with Gasteiger partial charge < -0.3 is 0 Å². The molecule has 120 valence electrons. The molecule has 0 aromatic rings. The van der Waals surface area contributed by atoms with Crippen LogP contribution in [0.1, 0.15) is 33.6 Å². The van der Waals surface area contributed by atoms with E-state index in [9.17, 15) is 0 Å². The van der Waals surface area contributed by atoms with Gasteiger partial charge in [-0.3, -0.25) is 0 Å². The number of hydrogen-bond donors (Lipinski definition) is 0. The average Bonchev–Trinajstić information content (AvgIpc) is 2.31. The summed E-state index contributed by atoms with van der Waals surface area (Å²) in [6.45, 7) is 7.14. The minimum absolute atomic E-state index is 0.909. The van der Waals surface area contributed by atoms with Gasteiger partial charge in [0.15, 0.2) is 0 Å². The Morgan fingerprint density at radius 1 is 0.800 bits per heavy atom. The molecular formula is C12H25S7Sb. The van der Waals surface area contributed by atoms with Crippen LogP contribution in [0.3, 0.4) is 0 Å². The van der Waals surface area contributed by atoms with Gasteiger partial charge in [0.05, 0.1) is 0 Å². The molecule has 8 heteroatoms. The van der Waals surface area contributed by atoms with Crippen LogP contribution in [-0.2, 0) is 0 Å². The first-order valence-electron chi connectivity index (χ1n) is 7.24. The SMILES string of the molecule is CC[S][Sb]([S]CC)([S]CC)([S]C1CCS1)[S]C1CCS1. The topological polar surface area (TPSA) is 0 Å². The van der Waals surface area contributed by atoms with E-state index in [1.807, 2.05) is 0 Å². The maximum absolute atomic E-state index is 2.80. The van der Waals surface area contributed by atoms with Gasteiger partial charge in [-0.1, -0.05) is 0 Å². The molecule has 2 unspecified atom stereocenters. The Morgan fingerprint density at radius 3 is 1.35 bits per heavy atom. The van der Waals surface area contributed by atoms with Gasteiger partial charge in [0, 0.05) is 0 Å². The fourth-order valence-corrected chi connectivity index (χ4v) is 106. The zero-order chi connectivity index (χ0) is 14.5. The molecule has 2 aliphatic heterocycles. The molecule has 0 nitrogen and oxygen atoms in total. The van der Waals surface area contributed by atoms with Crippen molar-refractivity contribution < 1.29 is 0 Å². The van der Waals surface area contributed by atoms with Crippen molar-refractivity contribution in [3.8, 4) is 0 Å². The van der Waals surface area contributed by atoms with Crippen LogP contribution in [0.2, 0.25) is 0 Å². The van der Waals surface area contributed by atoms with Crippen molar-refractivity contribution in [3.63, 3.8) is 0 Å². The summed E-state index contributed by atoms with van der Waals surface area (Å²) in [5.41, 5.74) is 0. The maximum atomic E-state index is 2.48. The van der Waals surface area contributed by atoms with E-state index in [2.05, 4.69) is 88.5 Å². The summed E-state index contributed by atoms with van der Waals surface area (Å²) in [4.78, 5) is 0. The summed E-state index contributed by atoms with van der Waals surface area (Å²) in [6, 6.07) is 0. The zero-order valence-corrected chi connectivity index (χ0v) is 20.7. The third-order valence-electron chi connectivity index (χ3n) is 2.91. The Morgan fingerprint density at radius 2 is 1.15 bits per heavy atom. The van der Waals surface area contributed by atoms with Crippen LogP contribution in [0.5, 0.6) is 0 Å². The van der Waals surface area contributed by atoms with E-state index in [-0.39, 0.29) is 0 Å². The van der Waals surface area contributed by atoms with E-state index in [0.717, 1.165) is 9.16 Å². The molecule has 2 heterocycles. The van der Waals surface area contributed by atoms with Gasteiger partial charge >= 0.3 is 150 Å². The Bertz CT molecular complexity index is 266. The molecule has 0 radical (unpaired) electrons. The molecule has 0 amide bonds. The standard InChI is InChI=1S/2C3H6S2.3C2H6S.Sb/c2*4-3-1-2-5-3;3*1-2-3;/h2*3-4H,1-2H2;3*3H,2H2,1H3;/q;;;;;+5/p-5. The quantitative estimate of drug-likeness (QED) is 0.300. The van der Waals surface area contributed by atoms with Crippen molar-refractivity contribution in [3.05, 3.63) is 0 Å². The minimum atomic E-state index is -2.80. The number of hydrogen-bond acceptors (Lipinski definition) is 7. The molecule has 0 aromatic heterocycles. The molecule has 2 aliphatic rings. The van der Waals surface area contributed by atoms with Gasteiger partial charge in [0.2, 0.25) is 0 Å². The molecule has 2 fully saturated rings. The molecule has 0 aromatic carbocycles. The first kappa shape index (κ1) is 19.6. The van der Waals surface area contributed by atoms with Crippen LogP contribution in [0.25, 0.3) is 0 Å². The van der Waals surface area contributed by atoms with Crippen molar-refractivity contribution in [1.29, 1.82) is 0 Å². The van der Waals surface area contributed by atoms with Crippen LogP contribution in [-0.4, -0.2) is 48.3 Å². The van der Waals surface area contributed by atoms with Gasteiger partial charge in [-0.05, 0) is 0 Å². The predicted molar refractivity (Wildman–Crippen MR) is 117 cm³/mol. The van der Waals surface area contributed by atoms with E-state index in [1.54, 1.807) is 0 Å². The van der Waals surface area contributed by atoms with Gasteiger partial charge in [0.25, 0.3) is 0 Å². The van der Waals surface area contributed by atoms with E-state index in [0.29, 0.717) is 0 Å². The fourth-order valence-electron chi connectivity index (χ4n) is 1.93. The van der Waals surface area contributed by atoms with Crippen molar-refractivity contribution in [2.24, 2.45) is 0 Å². The molecular weight excluding hydrogens is 490 g/mol. The summed E-state index contributed by atoms with van der Waals surface area (Å²) in [5.74, 6) is 6.70. The normalized spacial score (nSPS) is 28.2. The van der Waals surface area contributed by atoms with Crippen LogP contribution >= 0.6 is 67.8 Å². The van der Waals surface area contributed by atoms with E-state index in [4.69, 9.17) is 0 Å². The van der Waals surface area contributed by atoms with Gasteiger partial charge in [-0.25, -0.2) is 0 Å². The second-order valence-electron chi connectivity index (χ2n) is 4.39. The fraction of sp³-hybridized carbons (Fsp3) is 1.00. The monoisotopic (exact) mass is 514 g/mol. The van der Waals surface area contributed by atoms with Gasteiger partial charge in [-0.15, -0.1) is 0 Å². The zero-order valence-electron chi connectivity index (χ0n) is 12.4. The summed E-state index contributed by atoms with van der Waals surface area (Å²) in [5, 5.41) is 0. The van der Waals surface area contributed by atoms with Crippen LogP contribution in [0.4, 0.5) is 0 Å². The molecule has 2 rings (SSSR count). The van der Waals surface area contributed by atoms with Crippen LogP contribution in [0, 0.1) is 0 Å². The molecule has 20 heavy (non-hydrogen) atoms. The van der Waals surface area contributed by atoms with Crippen molar-refractivity contribution in [1.82, 2.24) is 0 Å². The van der Waals surface area contributed by atoms with Crippen molar-refractivity contribution >= 4 is 78.2 Å². The Balaban J connectivity index is 2.21. The predicted octanol–water partition coefficient (Wildman–Crippen LogP) is 6.52. The molecule has 0 N–H and O–H groups in total. The first-order chi connectivity index (χ1) is 9.65. The van der Waals surface area contributed by atoms with Crippen molar-refractivity contribution in [2.75, 3.05) is 28.8 Å². The van der Waals surface area contributed by atoms with E-state index >= 15 is 0 Å². The van der Waals surface area contributed by atoms with Gasteiger partial charge in [-0.2, -0.15) is 0 Å². The number of rotatable bonds is 10. The average molecular weight is 516 g/mol.